The first-order valence-corrected chi connectivity index (χ1v) is 10.4. The molecule has 5 rings (SSSR count). The minimum atomic E-state index is -0.591. The van der Waals surface area contributed by atoms with Gasteiger partial charge >= 0.3 is 5.97 Å². The van der Waals surface area contributed by atoms with Gasteiger partial charge < -0.3 is 34.1 Å². The molecule has 4 atom stereocenters. The molecule has 3 aliphatic rings. The molecule has 0 spiro atoms. The molecule has 9 nitrogen and oxygen atoms in total. The Morgan fingerprint density at radius 2 is 1.73 bits per heavy atom. The predicted molar refractivity (Wildman–Crippen MR) is 115 cm³/mol. The van der Waals surface area contributed by atoms with Crippen molar-refractivity contribution in [3.8, 4) is 28.7 Å². The van der Waals surface area contributed by atoms with Gasteiger partial charge in [-0.3, -0.25) is 9.59 Å². The van der Waals surface area contributed by atoms with E-state index in [-0.39, 0.29) is 48.4 Å². The highest BCUT2D eigenvalue weighted by atomic mass is 16.7. The fourth-order valence-corrected chi connectivity index (χ4v) is 5.05. The van der Waals surface area contributed by atoms with E-state index in [2.05, 4.69) is 11.9 Å². The second-order valence-corrected chi connectivity index (χ2v) is 8.10. The number of phenolic OH excluding ortho intramolecular Hbond substituents is 1. The van der Waals surface area contributed by atoms with Gasteiger partial charge in [-0.2, -0.15) is 0 Å². The second-order valence-electron chi connectivity index (χ2n) is 8.10. The number of fused-ring (bicyclic) bond motifs is 3. The fourth-order valence-electron chi connectivity index (χ4n) is 5.05. The average molecular weight is 453 g/mol. The number of ether oxygens (including phenoxy) is 5. The van der Waals surface area contributed by atoms with Crippen molar-refractivity contribution >= 4 is 11.9 Å². The lowest BCUT2D eigenvalue weighted by Gasteiger charge is -2.39. The van der Waals surface area contributed by atoms with Crippen LogP contribution >= 0.6 is 0 Å². The topological polar surface area (TPSA) is 113 Å². The minimum Gasteiger partial charge on any atom is -0.502 e. The summed E-state index contributed by atoms with van der Waals surface area (Å²) in [5.41, 5.74) is 2.28. The number of methoxy groups -OCH3 is 2. The number of nitrogens with one attached hydrogen (secondary N) is 1. The molecule has 9 heteroatoms. The van der Waals surface area contributed by atoms with Crippen LogP contribution in [0.1, 0.15) is 28.7 Å². The Labute approximate surface area is 189 Å². The molecule has 1 fully saturated rings. The van der Waals surface area contributed by atoms with Gasteiger partial charge in [0.2, 0.25) is 18.4 Å². The highest BCUT2D eigenvalue weighted by molar-refractivity contribution is 5.88. The smallest absolute Gasteiger partial charge is 0.310 e. The summed E-state index contributed by atoms with van der Waals surface area (Å²) in [6, 6.07) is 6.55. The molecule has 2 aromatic carbocycles. The Balaban J connectivity index is 1.74. The highest BCUT2D eigenvalue weighted by Gasteiger charge is 2.53. The summed E-state index contributed by atoms with van der Waals surface area (Å²) in [6.45, 7) is 3.78. The Hall–Kier alpha value is -3.88. The average Bonchev–Trinajstić information content (AvgIpc) is 3.44. The minimum absolute atomic E-state index is 0.0856. The lowest BCUT2D eigenvalue weighted by molar-refractivity contribution is -0.141. The van der Waals surface area contributed by atoms with E-state index in [0.29, 0.717) is 17.1 Å². The summed E-state index contributed by atoms with van der Waals surface area (Å²) in [5, 5.41) is 13.4. The molecular weight excluding hydrogens is 430 g/mol. The van der Waals surface area contributed by atoms with E-state index in [1.807, 2.05) is 12.1 Å². The van der Waals surface area contributed by atoms with E-state index in [9.17, 15) is 14.7 Å². The number of phenols is 1. The SMILES string of the molecule is C=CC(=O)NC1c2cc3c(cc2C(c2cc(OC)c(O)c(OC)c2)C2C(=O)OCC12)OCO3. The van der Waals surface area contributed by atoms with Gasteiger partial charge in [-0.05, 0) is 47.0 Å². The largest absolute Gasteiger partial charge is 0.502 e. The molecule has 172 valence electrons. The first-order chi connectivity index (χ1) is 16.0. The van der Waals surface area contributed by atoms with Crippen molar-refractivity contribution in [2.24, 2.45) is 11.8 Å². The third-order valence-electron chi connectivity index (χ3n) is 6.53. The maximum Gasteiger partial charge on any atom is 0.310 e. The van der Waals surface area contributed by atoms with Crippen molar-refractivity contribution in [3.05, 3.63) is 53.6 Å². The third kappa shape index (κ3) is 3.23. The van der Waals surface area contributed by atoms with Crippen LogP contribution in [-0.4, -0.2) is 44.6 Å². The van der Waals surface area contributed by atoms with Gasteiger partial charge in [-0.25, -0.2) is 0 Å². The molecule has 33 heavy (non-hydrogen) atoms. The lowest BCUT2D eigenvalue weighted by Crippen LogP contribution is -2.42. The number of aromatic hydroxyl groups is 1. The van der Waals surface area contributed by atoms with Crippen LogP contribution in [0.2, 0.25) is 0 Å². The van der Waals surface area contributed by atoms with Gasteiger partial charge in [0, 0.05) is 11.8 Å². The van der Waals surface area contributed by atoms with Crippen LogP contribution in [0.4, 0.5) is 0 Å². The number of hydrogen-bond donors (Lipinski definition) is 2. The van der Waals surface area contributed by atoms with Gasteiger partial charge in [0.25, 0.3) is 0 Å². The quantitative estimate of drug-likeness (QED) is 0.524. The Morgan fingerprint density at radius 3 is 2.33 bits per heavy atom. The summed E-state index contributed by atoms with van der Waals surface area (Å²) in [6.07, 6.45) is 1.20. The number of amides is 1. The highest BCUT2D eigenvalue weighted by Crippen LogP contribution is 2.55. The van der Waals surface area contributed by atoms with E-state index in [4.69, 9.17) is 23.7 Å². The van der Waals surface area contributed by atoms with Crippen LogP contribution < -0.4 is 24.3 Å². The molecule has 0 aromatic heterocycles. The molecule has 0 bridgehead atoms. The molecule has 1 aliphatic carbocycles. The number of hydrogen-bond acceptors (Lipinski definition) is 8. The van der Waals surface area contributed by atoms with E-state index in [1.54, 1.807) is 12.1 Å². The molecule has 2 aromatic rings. The Kier molecular flexibility index (Phi) is 5.03. The normalized spacial score (nSPS) is 24.4. The van der Waals surface area contributed by atoms with Gasteiger partial charge in [0.1, 0.15) is 0 Å². The maximum absolute atomic E-state index is 13.0. The van der Waals surface area contributed by atoms with Gasteiger partial charge in [-0.15, -0.1) is 0 Å². The van der Waals surface area contributed by atoms with Crippen molar-refractivity contribution in [1.29, 1.82) is 0 Å². The van der Waals surface area contributed by atoms with Crippen molar-refractivity contribution < 1.29 is 38.4 Å². The van der Waals surface area contributed by atoms with E-state index in [0.717, 1.165) is 11.1 Å². The zero-order chi connectivity index (χ0) is 23.3. The summed E-state index contributed by atoms with van der Waals surface area (Å²) in [7, 11) is 2.89. The fraction of sp³-hybridized carbons (Fsp3) is 0.333. The zero-order valence-corrected chi connectivity index (χ0v) is 18.1. The summed E-state index contributed by atoms with van der Waals surface area (Å²) in [4.78, 5) is 25.3. The van der Waals surface area contributed by atoms with Crippen LogP contribution in [-0.2, 0) is 14.3 Å². The zero-order valence-electron chi connectivity index (χ0n) is 18.1. The summed E-state index contributed by atoms with van der Waals surface area (Å²) in [5.74, 6) is -0.678. The first-order valence-electron chi connectivity index (χ1n) is 10.4. The molecule has 1 saturated heterocycles. The monoisotopic (exact) mass is 453 g/mol. The van der Waals surface area contributed by atoms with Gasteiger partial charge in [0.05, 0.1) is 32.8 Å². The van der Waals surface area contributed by atoms with Crippen molar-refractivity contribution in [2.75, 3.05) is 27.6 Å². The van der Waals surface area contributed by atoms with Crippen LogP contribution in [0.5, 0.6) is 28.7 Å². The van der Waals surface area contributed by atoms with Gasteiger partial charge in [-0.1, -0.05) is 6.58 Å². The van der Waals surface area contributed by atoms with Crippen LogP contribution in [0.3, 0.4) is 0 Å². The number of esters is 1. The number of carbonyl (C=O) groups is 2. The summed E-state index contributed by atoms with van der Waals surface area (Å²) >= 11 is 0. The molecule has 0 saturated carbocycles. The number of benzene rings is 2. The molecule has 2 aliphatic heterocycles. The summed E-state index contributed by atoms with van der Waals surface area (Å²) < 4.78 is 27.4. The molecular formula is C24H23NO8. The molecule has 4 unspecified atom stereocenters. The predicted octanol–water partition coefficient (Wildman–Crippen LogP) is 2.42. The van der Waals surface area contributed by atoms with Gasteiger partial charge in [0.15, 0.2) is 23.0 Å². The molecule has 2 heterocycles. The van der Waals surface area contributed by atoms with E-state index < -0.39 is 17.9 Å². The van der Waals surface area contributed by atoms with Crippen LogP contribution in [0, 0.1) is 11.8 Å². The Bertz CT molecular complexity index is 1130. The van der Waals surface area contributed by atoms with Crippen LogP contribution in [0.15, 0.2) is 36.9 Å². The number of carbonyl (C=O) groups excluding carboxylic acids is 2. The molecule has 2 N–H and O–H groups in total. The standard InChI is InChI=1S/C24H23NO8/c1-4-19(26)25-22-13-8-16-15(32-10-33-16)7-12(13)20(21-14(22)9-31-24(21)28)11-5-17(29-2)23(27)18(6-11)30-3/h4-8,14,20-22,27H,1,9-10H2,2-3H3,(H,25,26). The number of cyclic esters (lactones) is 1. The number of rotatable bonds is 5. The van der Waals surface area contributed by atoms with Crippen molar-refractivity contribution in [2.45, 2.75) is 12.0 Å². The molecule has 1 amide bonds. The second kappa shape index (κ2) is 7.91. The molecule has 0 radical (unpaired) electrons. The maximum atomic E-state index is 13.0. The van der Waals surface area contributed by atoms with E-state index in [1.165, 1.54) is 20.3 Å². The van der Waals surface area contributed by atoms with Crippen LogP contribution in [0.25, 0.3) is 0 Å². The first kappa shape index (κ1) is 21.0. The third-order valence-corrected chi connectivity index (χ3v) is 6.53. The lowest BCUT2D eigenvalue weighted by atomic mass is 9.65. The Morgan fingerprint density at radius 1 is 1.09 bits per heavy atom. The van der Waals surface area contributed by atoms with E-state index >= 15 is 0 Å². The van der Waals surface area contributed by atoms with Crippen molar-refractivity contribution in [1.82, 2.24) is 5.32 Å². The van der Waals surface area contributed by atoms with Crippen molar-refractivity contribution in [3.63, 3.8) is 0 Å².